The molecule has 3 heteroatoms. The van der Waals surface area contributed by atoms with Crippen molar-refractivity contribution in [3.05, 3.63) is 23.2 Å². The van der Waals surface area contributed by atoms with E-state index in [2.05, 4.69) is 4.98 Å². The van der Waals surface area contributed by atoms with Gasteiger partial charge in [0, 0.05) is 6.07 Å². The molecule has 0 aliphatic carbocycles. The first-order chi connectivity index (χ1) is 5.27. The second-order valence-corrected chi connectivity index (χ2v) is 3.35. The summed E-state index contributed by atoms with van der Waals surface area (Å²) in [6, 6.07) is 3.64. The molecule has 0 atom stereocenters. The van der Waals surface area contributed by atoms with Gasteiger partial charge in [0.2, 0.25) is 0 Å². The van der Waals surface area contributed by atoms with Crippen molar-refractivity contribution in [2.45, 2.75) is 6.92 Å². The van der Waals surface area contributed by atoms with Crippen molar-refractivity contribution in [2.24, 2.45) is 0 Å². The molecule has 0 bridgehead atoms. The monoisotopic (exact) mass is 165 g/mol. The van der Waals surface area contributed by atoms with E-state index in [9.17, 15) is 5.11 Å². The molecule has 1 aromatic carbocycles. The van der Waals surface area contributed by atoms with E-state index < -0.39 is 0 Å². The van der Waals surface area contributed by atoms with Gasteiger partial charge in [0.15, 0.2) is 0 Å². The van der Waals surface area contributed by atoms with Crippen molar-refractivity contribution in [1.29, 1.82) is 0 Å². The SMILES string of the molecule is Cc1cc2scnc2cc1O. The first-order valence-corrected chi connectivity index (χ1v) is 4.18. The topological polar surface area (TPSA) is 33.1 Å². The predicted octanol–water partition coefficient (Wildman–Crippen LogP) is 2.31. The molecule has 0 amide bonds. The van der Waals surface area contributed by atoms with Gasteiger partial charge in [-0.2, -0.15) is 0 Å². The van der Waals surface area contributed by atoms with E-state index in [0.717, 1.165) is 15.8 Å². The lowest BCUT2D eigenvalue weighted by Gasteiger charge is -1.95. The van der Waals surface area contributed by atoms with Crippen molar-refractivity contribution in [1.82, 2.24) is 4.98 Å². The van der Waals surface area contributed by atoms with Crippen LogP contribution in [0.15, 0.2) is 17.6 Å². The van der Waals surface area contributed by atoms with Crippen LogP contribution < -0.4 is 0 Å². The molecule has 1 N–H and O–H groups in total. The second kappa shape index (κ2) is 2.20. The Hall–Kier alpha value is -1.09. The zero-order chi connectivity index (χ0) is 7.84. The van der Waals surface area contributed by atoms with Crippen LogP contribution in [-0.2, 0) is 0 Å². The lowest BCUT2D eigenvalue weighted by atomic mass is 10.2. The van der Waals surface area contributed by atoms with Crippen LogP contribution in [0.4, 0.5) is 0 Å². The van der Waals surface area contributed by atoms with Gasteiger partial charge in [0.05, 0.1) is 15.7 Å². The minimum absolute atomic E-state index is 0.323. The van der Waals surface area contributed by atoms with Crippen LogP contribution in [0.3, 0.4) is 0 Å². The zero-order valence-electron chi connectivity index (χ0n) is 6.03. The predicted molar refractivity (Wildman–Crippen MR) is 46.0 cm³/mol. The number of thiazole rings is 1. The summed E-state index contributed by atoms with van der Waals surface area (Å²) in [5, 5.41) is 9.30. The van der Waals surface area contributed by atoms with Gasteiger partial charge in [0.25, 0.3) is 0 Å². The van der Waals surface area contributed by atoms with Gasteiger partial charge in [0.1, 0.15) is 5.75 Å². The fourth-order valence-corrected chi connectivity index (χ4v) is 1.75. The van der Waals surface area contributed by atoms with Crippen molar-refractivity contribution in [3.63, 3.8) is 0 Å². The largest absolute Gasteiger partial charge is 0.508 e. The van der Waals surface area contributed by atoms with E-state index in [1.165, 1.54) is 0 Å². The molecule has 2 aromatic rings. The first kappa shape index (κ1) is 6.61. The summed E-state index contributed by atoms with van der Waals surface area (Å²) in [4.78, 5) is 4.08. The Morgan fingerprint density at radius 2 is 2.27 bits per heavy atom. The Morgan fingerprint density at radius 1 is 1.45 bits per heavy atom. The molecule has 11 heavy (non-hydrogen) atoms. The summed E-state index contributed by atoms with van der Waals surface area (Å²) in [6.07, 6.45) is 0. The number of phenolic OH excluding ortho intramolecular Hbond substituents is 1. The van der Waals surface area contributed by atoms with E-state index in [-0.39, 0.29) is 0 Å². The maximum Gasteiger partial charge on any atom is 0.120 e. The van der Waals surface area contributed by atoms with Crippen LogP contribution >= 0.6 is 11.3 Å². The number of hydrogen-bond donors (Lipinski definition) is 1. The number of benzene rings is 1. The van der Waals surface area contributed by atoms with Gasteiger partial charge in [-0.15, -0.1) is 11.3 Å². The molecule has 2 rings (SSSR count). The maximum absolute atomic E-state index is 9.30. The highest BCUT2D eigenvalue weighted by Crippen LogP contribution is 2.25. The molecule has 56 valence electrons. The lowest BCUT2D eigenvalue weighted by Crippen LogP contribution is -1.73. The van der Waals surface area contributed by atoms with Gasteiger partial charge in [-0.3, -0.25) is 0 Å². The van der Waals surface area contributed by atoms with Crippen LogP contribution in [0.1, 0.15) is 5.56 Å². The third-order valence-electron chi connectivity index (χ3n) is 1.65. The van der Waals surface area contributed by atoms with E-state index in [0.29, 0.717) is 5.75 Å². The molecule has 2 nitrogen and oxygen atoms in total. The summed E-state index contributed by atoms with van der Waals surface area (Å²) in [6.45, 7) is 1.88. The summed E-state index contributed by atoms with van der Waals surface area (Å²) >= 11 is 1.59. The smallest absolute Gasteiger partial charge is 0.120 e. The van der Waals surface area contributed by atoms with Crippen LogP contribution in [-0.4, -0.2) is 10.1 Å². The zero-order valence-corrected chi connectivity index (χ0v) is 6.85. The Balaban J connectivity index is 2.86. The summed E-state index contributed by atoms with van der Waals surface area (Å²) in [5.41, 5.74) is 3.56. The lowest BCUT2D eigenvalue weighted by molar-refractivity contribution is 0.472. The first-order valence-electron chi connectivity index (χ1n) is 3.30. The molecular formula is C8H7NOS. The van der Waals surface area contributed by atoms with E-state index >= 15 is 0 Å². The minimum atomic E-state index is 0.323. The van der Waals surface area contributed by atoms with Crippen LogP contribution in [0.2, 0.25) is 0 Å². The van der Waals surface area contributed by atoms with Gasteiger partial charge < -0.3 is 5.11 Å². The number of phenols is 1. The molecule has 1 heterocycles. The molecule has 0 fully saturated rings. The van der Waals surface area contributed by atoms with E-state index in [1.807, 2.05) is 13.0 Å². The number of aromatic hydroxyl groups is 1. The molecule has 1 aromatic heterocycles. The Kier molecular flexibility index (Phi) is 1.32. The Bertz CT molecular complexity index is 358. The van der Waals surface area contributed by atoms with Gasteiger partial charge in [-0.1, -0.05) is 0 Å². The molecule has 0 radical (unpaired) electrons. The van der Waals surface area contributed by atoms with Crippen LogP contribution in [0, 0.1) is 6.92 Å². The number of fused-ring (bicyclic) bond motifs is 1. The number of rotatable bonds is 0. The summed E-state index contributed by atoms with van der Waals surface area (Å²) in [7, 11) is 0. The van der Waals surface area contributed by atoms with Crippen LogP contribution in [0.5, 0.6) is 5.75 Å². The van der Waals surface area contributed by atoms with Gasteiger partial charge in [-0.25, -0.2) is 4.98 Å². The van der Waals surface area contributed by atoms with Crippen molar-refractivity contribution in [2.75, 3.05) is 0 Å². The molecule has 0 aliphatic heterocycles. The standard InChI is InChI=1S/C8H7NOS/c1-5-2-8-6(3-7(5)10)9-4-11-8/h2-4,10H,1H3. The van der Waals surface area contributed by atoms with Crippen LogP contribution in [0.25, 0.3) is 10.2 Å². The third kappa shape index (κ3) is 0.973. The third-order valence-corrected chi connectivity index (χ3v) is 2.44. The minimum Gasteiger partial charge on any atom is -0.508 e. The number of nitrogens with zero attached hydrogens (tertiary/aromatic N) is 1. The fraction of sp³-hybridized carbons (Fsp3) is 0.125. The second-order valence-electron chi connectivity index (χ2n) is 2.46. The molecular weight excluding hydrogens is 158 g/mol. The Labute approximate surface area is 68.1 Å². The van der Waals surface area contributed by atoms with E-state index in [4.69, 9.17) is 0 Å². The normalized spacial score (nSPS) is 10.6. The average molecular weight is 165 g/mol. The highest BCUT2D eigenvalue weighted by molar-refractivity contribution is 7.16. The van der Waals surface area contributed by atoms with Crippen molar-refractivity contribution >= 4 is 21.6 Å². The van der Waals surface area contributed by atoms with E-state index in [1.54, 1.807) is 22.9 Å². The molecule has 0 saturated carbocycles. The van der Waals surface area contributed by atoms with Crippen molar-refractivity contribution in [3.8, 4) is 5.75 Å². The highest BCUT2D eigenvalue weighted by atomic mass is 32.1. The average Bonchev–Trinajstić information content (AvgIpc) is 2.36. The quantitative estimate of drug-likeness (QED) is 0.649. The number of aryl methyl sites for hydroxylation is 1. The number of aromatic nitrogens is 1. The maximum atomic E-state index is 9.30. The molecule has 0 saturated heterocycles. The summed E-state index contributed by atoms with van der Waals surface area (Å²) < 4.78 is 1.13. The Morgan fingerprint density at radius 3 is 3.09 bits per heavy atom. The summed E-state index contributed by atoms with van der Waals surface area (Å²) in [5.74, 6) is 0.323. The highest BCUT2D eigenvalue weighted by Gasteiger charge is 2.00. The van der Waals surface area contributed by atoms with Gasteiger partial charge >= 0.3 is 0 Å². The van der Waals surface area contributed by atoms with Gasteiger partial charge in [-0.05, 0) is 18.6 Å². The molecule has 0 unspecified atom stereocenters. The number of hydrogen-bond acceptors (Lipinski definition) is 3. The fourth-order valence-electron chi connectivity index (χ4n) is 0.994. The van der Waals surface area contributed by atoms with Crippen molar-refractivity contribution < 1.29 is 5.11 Å². The molecule has 0 spiro atoms. The molecule has 0 aliphatic rings.